The van der Waals surface area contributed by atoms with Gasteiger partial charge < -0.3 is 19.4 Å². The number of anilines is 1. The molecule has 1 aliphatic rings. The third-order valence-electron chi connectivity index (χ3n) is 6.89. The summed E-state index contributed by atoms with van der Waals surface area (Å²) in [5, 5.41) is 13.6. The van der Waals surface area contributed by atoms with Crippen molar-refractivity contribution < 1.29 is 9.47 Å². The van der Waals surface area contributed by atoms with Crippen LogP contribution in [-0.4, -0.2) is 46.0 Å². The molecule has 0 saturated heterocycles. The van der Waals surface area contributed by atoms with Crippen LogP contribution in [0.4, 0.5) is 5.69 Å². The Morgan fingerprint density at radius 1 is 0.973 bits per heavy atom. The van der Waals surface area contributed by atoms with Gasteiger partial charge in [-0.25, -0.2) is 4.68 Å². The zero-order valence-corrected chi connectivity index (χ0v) is 20.6. The highest BCUT2D eigenvalue weighted by atomic mass is 16.5. The van der Waals surface area contributed by atoms with Crippen LogP contribution in [0.3, 0.4) is 0 Å². The number of tetrazole rings is 1. The molecule has 1 aliphatic heterocycles. The molecular formula is C28H26N6O3. The quantitative estimate of drug-likeness (QED) is 0.368. The minimum Gasteiger partial charge on any atom is -0.493 e. The van der Waals surface area contributed by atoms with Gasteiger partial charge in [0.1, 0.15) is 6.04 Å². The number of hydrogen-bond donors (Lipinski definition) is 1. The Morgan fingerprint density at radius 2 is 1.73 bits per heavy atom. The van der Waals surface area contributed by atoms with E-state index in [1.807, 2.05) is 54.6 Å². The summed E-state index contributed by atoms with van der Waals surface area (Å²) in [4.78, 5) is 18.9. The molecule has 9 heteroatoms. The van der Waals surface area contributed by atoms with Crippen LogP contribution in [0.2, 0.25) is 0 Å². The van der Waals surface area contributed by atoms with Crippen molar-refractivity contribution in [1.82, 2.24) is 25.2 Å². The SMILES string of the molecule is COc1cc2cc(C(c3nnnn3Cc3ccccc3)N3CCc4ccccc43)c(=O)[nH]c2cc1OC. The monoisotopic (exact) mass is 494 g/mol. The first-order valence-electron chi connectivity index (χ1n) is 12.1. The van der Waals surface area contributed by atoms with E-state index < -0.39 is 6.04 Å². The molecule has 0 spiro atoms. The van der Waals surface area contributed by atoms with E-state index in [2.05, 4.69) is 37.5 Å². The smallest absolute Gasteiger partial charge is 0.254 e. The van der Waals surface area contributed by atoms with E-state index in [1.165, 1.54) is 5.56 Å². The van der Waals surface area contributed by atoms with Crippen LogP contribution in [0, 0.1) is 0 Å². The number of pyridine rings is 1. The van der Waals surface area contributed by atoms with E-state index in [4.69, 9.17) is 9.47 Å². The van der Waals surface area contributed by atoms with Gasteiger partial charge >= 0.3 is 0 Å². The Bertz CT molecular complexity index is 1630. The Labute approximate surface area is 213 Å². The number of para-hydroxylation sites is 1. The molecule has 3 heterocycles. The van der Waals surface area contributed by atoms with Gasteiger partial charge in [-0.1, -0.05) is 48.5 Å². The lowest BCUT2D eigenvalue weighted by Gasteiger charge is -2.29. The van der Waals surface area contributed by atoms with Crippen molar-refractivity contribution in [3.8, 4) is 11.5 Å². The lowest BCUT2D eigenvalue weighted by atomic mass is 10.0. The van der Waals surface area contributed by atoms with Crippen molar-refractivity contribution in [3.63, 3.8) is 0 Å². The third-order valence-corrected chi connectivity index (χ3v) is 6.89. The minimum absolute atomic E-state index is 0.205. The molecule has 0 amide bonds. The molecule has 1 atom stereocenters. The van der Waals surface area contributed by atoms with E-state index in [0.29, 0.717) is 34.9 Å². The minimum atomic E-state index is -0.497. The topological polar surface area (TPSA) is 98.2 Å². The molecule has 0 bridgehead atoms. The van der Waals surface area contributed by atoms with Crippen molar-refractivity contribution in [2.75, 3.05) is 25.7 Å². The van der Waals surface area contributed by atoms with Crippen LogP contribution in [0.15, 0.2) is 77.6 Å². The summed E-state index contributed by atoms with van der Waals surface area (Å²) in [6.45, 7) is 1.23. The van der Waals surface area contributed by atoms with Gasteiger partial charge in [-0.15, -0.1) is 5.10 Å². The Kier molecular flexibility index (Phi) is 5.80. The number of benzene rings is 3. The number of nitrogens with zero attached hydrogens (tertiary/aromatic N) is 5. The van der Waals surface area contributed by atoms with E-state index in [0.717, 1.165) is 29.6 Å². The van der Waals surface area contributed by atoms with Crippen LogP contribution in [-0.2, 0) is 13.0 Å². The molecule has 6 rings (SSSR count). The molecule has 0 radical (unpaired) electrons. The first-order chi connectivity index (χ1) is 18.2. The molecule has 1 N–H and O–H groups in total. The van der Waals surface area contributed by atoms with E-state index in [-0.39, 0.29) is 5.56 Å². The molecular weight excluding hydrogens is 468 g/mol. The number of hydrogen-bond acceptors (Lipinski definition) is 7. The number of H-pyrrole nitrogens is 1. The lowest BCUT2D eigenvalue weighted by Crippen LogP contribution is -2.34. The highest BCUT2D eigenvalue weighted by molar-refractivity contribution is 5.83. The maximum Gasteiger partial charge on any atom is 0.254 e. The first-order valence-corrected chi connectivity index (χ1v) is 12.1. The summed E-state index contributed by atoms with van der Waals surface area (Å²) in [7, 11) is 3.17. The number of ether oxygens (including phenoxy) is 2. The summed E-state index contributed by atoms with van der Waals surface area (Å²) >= 11 is 0. The number of methoxy groups -OCH3 is 2. The summed E-state index contributed by atoms with van der Waals surface area (Å²) in [5.41, 5.74) is 4.40. The molecule has 0 fully saturated rings. The summed E-state index contributed by atoms with van der Waals surface area (Å²) < 4.78 is 12.7. The summed E-state index contributed by atoms with van der Waals surface area (Å²) in [6.07, 6.45) is 0.878. The predicted octanol–water partition coefficient (Wildman–Crippen LogP) is 3.73. The van der Waals surface area contributed by atoms with Gasteiger partial charge in [0.15, 0.2) is 17.3 Å². The van der Waals surface area contributed by atoms with Crippen LogP contribution in [0.1, 0.15) is 28.6 Å². The van der Waals surface area contributed by atoms with Gasteiger partial charge in [0, 0.05) is 29.2 Å². The van der Waals surface area contributed by atoms with Crippen LogP contribution >= 0.6 is 0 Å². The van der Waals surface area contributed by atoms with Crippen molar-refractivity contribution in [3.05, 3.63) is 106 Å². The van der Waals surface area contributed by atoms with Gasteiger partial charge in [-0.3, -0.25) is 4.79 Å². The second-order valence-corrected chi connectivity index (χ2v) is 9.00. The Balaban J connectivity index is 1.53. The van der Waals surface area contributed by atoms with Crippen LogP contribution in [0.25, 0.3) is 10.9 Å². The molecule has 3 aromatic carbocycles. The highest BCUT2D eigenvalue weighted by Gasteiger charge is 2.34. The molecule has 0 saturated carbocycles. The number of nitrogens with one attached hydrogen (secondary N) is 1. The number of fused-ring (bicyclic) bond motifs is 2. The Hall–Kier alpha value is -4.66. The van der Waals surface area contributed by atoms with Crippen molar-refractivity contribution >= 4 is 16.6 Å². The molecule has 5 aromatic rings. The predicted molar refractivity (Wildman–Crippen MR) is 140 cm³/mol. The summed E-state index contributed by atoms with van der Waals surface area (Å²) in [5.74, 6) is 1.74. The largest absolute Gasteiger partial charge is 0.493 e. The zero-order valence-electron chi connectivity index (χ0n) is 20.6. The van der Waals surface area contributed by atoms with Gasteiger partial charge in [0.2, 0.25) is 0 Å². The van der Waals surface area contributed by atoms with Crippen molar-refractivity contribution in [2.24, 2.45) is 0 Å². The third kappa shape index (κ3) is 4.08. The van der Waals surface area contributed by atoms with Gasteiger partial charge in [-0.2, -0.15) is 0 Å². The van der Waals surface area contributed by atoms with E-state index in [1.54, 1.807) is 25.0 Å². The highest BCUT2D eigenvalue weighted by Crippen LogP contribution is 2.38. The number of aromatic amines is 1. The average molecular weight is 495 g/mol. The average Bonchev–Trinajstić information content (AvgIpc) is 3.57. The number of rotatable bonds is 7. The molecule has 0 aliphatic carbocycles. The van der Waals surface area contributed by atoms with Crippen LogP contribution < -0.4 is 19.9 Å². The molecule has 37 heavy (non-hydrogen) atoms. The first kappa shape index (κ1) is 22.8. The summed E-state index contributed by atoms with van der Waals surface area (Å²) in [6, 6.07) is 23.4. The lowest BCUT2D eigenvalue weighted by molar-refractivity contribution is 0.356. The van der Waals surface area contributed by atoms with Crippen molar-refractivity contribution in [1.29, 1.82) is 0 Å². The fourth-order valence-electron chi connectivity index (χ4n) is 5.11. The molecule has 9 nitrogen and oxygen atoms in total. The maximum absolute atomic E-state index is 13.6. The van der Waals surface area contributed by atoms with E-state index >= 15 is 0 Å². The second-order valence-electron chi connectivity index (χ2n) is 9.00. The molecule has 186 valence electrons. The normalized spacial score (nSPS) is 13.5. The van der Waals surface area contributed by atoms with Gasteiger partial charge in [0.25, 0.3) is 5.56 Å². The fraction of sp³-hybridized carbons (Fsp3) is 0.214. The standard InChI is InChI=1S/C28H26N6O3/c1-36-24-15-20-14-21(28(35)29-22(20)16-25(24)37-2)26(33-13-12-19-10-6-7-11-23(19)33)27-30-31-32-34(27)17-18-8-4-3-5-9-18/h3-11,14-16,26H,12-13,17H2,1-2H3,(H,29,35). The zero-order chi connectivity index (χ0) is 25.4. The molecule has 2 aromatic heterocycles. The van der Waals surface area contributed by atoms with Crippen LogP contribution in [0.5, 0.6) is 11.5 Å². The second kappa shape index (κ2) is 9.42. The van der Waals surface area contributed by atoms with Gasteiger partial charge in [0.05, 0.1) is 26.3 Å². The molecule has 1 unspecified atom stereocenters. The Morgan fingerprint density at radius 3 is 2.54 bits per heavy atom. The van der Waals surface area contributed by atoms with Crippen molar-refractivity contribution in [2.45, 2.75) is 19.0 Å². The van der Waals surface area contributed by atoms with E-state index in [9.17, 15) is 4.79 Å². The maximum atomic E-state index is 13.6. The van der Waals surface area contributed by atoms with Gasteiger partial charge in [-0.05, 0) is 46.2 Å². The fourth-order valence-corrected chi connectivity index (χ4v) is 5.11. The number of aromatic nitrogens is 5.